The van der Waals surface area contributed by atoms with Crippen LogP contribution in [0, 0.1) is 5.92 Å². The zero-order valence-corrected chi connectivity index (χ0v) is 15.3. The molecule has 3 aliphatic rings. The molecule has 24 heavy (non-hydrogen) atoms. The first-order valence-electron chi connectivity index (χ1n) is 9.14. The standard InChI is InChI=1S/C19H21ClN2.C2H6/c20-16-5-6-17-15(12-16)4-3-14-2-1-9-22-19(14)18(17)13-7-10-21-11-8-13;1-2/h1-6,9,12-13,18-19,21-22H,7-8,10-11H2;1-2H3. The molecule has 2 atom stereocenters. The van der Waals surface area contributed by atoms with E-state index in [0.29, 0.717) is 17.9 Å². The Bertz CT molecular complexity index is 654. The van der Waals surface area contributed by atoms with Crippen LogP contribution >= 0.6 is 11.6 Å². The van der Waals surface area contributed by atoms with Crippen LogP contribution in [0.25, 0.3) is 6.08 Å². The summed E-state index contributed by atoms with van der Waals surface area (Å²) >= 11 is 6.23. The average molecular weight is 343 g/mol. The molecule has 1 aromatic rings. The Labute approximate surface area is 150 Å². The number of dihydropyridines is 1. The predicted octanol–water partition coefficient (Wildman–Crippen LogP) is 4.89. The smallest absolute Gasteiger partial charge is 0.0579 e. The zero-order valence-electron chi connectivity index (χ0n) is 14.6. The Morgan fingerprint density at radius 1 is 1.08 bits per heavy atom. The van der Waals surface area contributed by atoms with Gasteiger partial charge in [-0.1, -0.05) is 49.7 Å². The molecule has 0 amide bonds. The number of nitrogens with one attached hydrogen (secondary N) is 2. The van der Waals surface area contributed by atoms with Crippen LogP contribution in [0.2, 0.25) is 5.02 Å². The van der Waals surface area contributed by atoms with Crippen LogP contribution < -0.4 is 10.6 Å². The molecule has 2 heterocycles. The zero-order chi connectivity index (χ0) is 16.9. The number of hydrogen-bond donors (Lipinski definition) is 2. The minimum absolute atomic E-state index is 0.367. The van der Waals surface area contributed by atoms with Crippen LogP contribution in [0.4, 0.5) is 0 Å². The maximum Gasteiger partial charge on any atom is 0.0579 e. The summed E-state index contributed by atoms with van der Waals surface area (Å²) in [7, 11) is 0. The minimum Gasteiger partial charge on any atom is -0.383 e. The fourth-order valence-electron chi connectivity index (χ4n) is 4.08. The third kappa shape index (κ3) is 3.45. The number of halogens is 1. The van der Waals surface area contributed by atoms with Gasteiger partial charge < -0.3 is 10.6 Å². The monoisotopic (exact) mass is 342 g/mol. The van der Waals surface area contributed by atoms with Crippen LogP contribution in [0.15, 0.2) is 48.2 Å². The molecule has 2 nitrogen and oxygen atoms in total. The lowest BCUT2D eigenvalue weighted by Crippen LogP contribution is -2.41. The molecule has 0 aromatic heterocycles. The summed E-state index contributed by atoms with van der Waals surface area (Å²) in [5.41, 5.74) is 4.08. The van der Waals surface area contributed by atoms with Crippen molar-refractivity contribution in [2.45, 2.75) is 38.6 Å². The number of rotatable bonds is 1. The summed E-state index contributed by atoms with van der Waals surface area (Å²) in [4.78, 5) is 0. The van der Waals surface area contributed by atoms with Crippen molar-refractivity contribution < 1.29 is 0 Å². The van der Waals surface area contributed by atoms with E-state index < -0.39 is 0 Å². The molecule has 1 aromatic carbocycles. The summed E-state index contributed by atoms with van der Waals surface area (Å²) in [6.45, 7) is 6.25. The van der Waals surface area contributed by atoms with Gasteiger partial charge in [-0.25, -0.2) is 0 Å². The van der Waals surface area contributed by atoms with E-state index >= 15 is 0 Å². The number of hydrogen-bond acceptors (Lipinski definition) is 2. The van der Waals surface area contributed by atoms with E-state index in [1.165, 1.54) is 29.5 Å². The maximum atomic E-state index is 6.23. The van der Waals surface area contributed by atoms with Crippen LogP contribution in [-0.2, 0) is 0 Å². The van der Waals surface area contributed by atoms with E-state index in [1.807, 2.05) is 19.9 Å². The van der Waals surface area contributed by atoms with Crippen LogP contribution in [0.5, 0.6) is 0 Å². The van der Waals surface area contributed by atoms with Crippen molar-refractivity contribution in [3.63, 3.8) is 0 Å². The van der Waals surface area contributed by atoms with Crippen molar-refractivity contribution in [2.75, 3.05) is 13.1 Å². The Morgan fingerprint density at radius 2 is 1.88 bits per heavy atom. The first-order chi connectivity index (χ1) is 11.8. The van der Waals surface area contributed by atoms with E-state index in [-0.39, 0.29) is 0 Å². The van der Waals surface area contributed by atoms with E-state index in [4.69, 9.17) is 11.6 Å². The second-order valence-corrected chi connectivity index (χ2v) is 6.83. The van der Waals surface area contributed by atoms with Gasteiger partial charge in [0, 0.05) is 10.9 Å². The highest BCUT2D eigenvalue weighted by molar-refractivity contribution is 6.30. The average Bonchev–Trinajstić information content (AvgIpc) is 2.81. The summed E-state index contributed by atoms with van der Waals surface area (Å²) < 4.78 is 0. The molecule has 0 bridgehead atoms. The normalized spacial score (nSPS) is 25.4. The summed E-state index contributed by atoms with van der Waals surface area (Å²) in [5.74, 6) is 1.20. The highest BCUT2D eigenvalue weighted by Crippen LogP contribution is 2.41. The Hall–Kier alpha value is -1.51. The van der Waals surface area contributed by atoms with Crippen molar-refractivity contribution >= 4 is 17.7 Å². The van der Waals surface area contributed by atoms with Gasteiger partial charge in [-0.05, 0) is 73.0 Å². The van der Waals surface area contributed by atoms with Crippen LogP contribution in [-0.4, -0.2) is 19.1 Å². The molecule has 2 aliphatic heterocycles. The van der Waals surface area contributed by atoms with E-state index in [2.05, 4.69) is 53.3 Å². The third-order valence-electron chi connectivity index (χ3n) is 5.13. The number of piperidine rings is 1. The van der Waals surface area contributed by atoms with Gasteiger partial charge in [-0.15, -0.1) is 0 Å². The van der Waals surface area contributed by atoms with Crippen molar-refractivity contribution in [1.82, 2.24) is 10.6 Å². The molecule has 4 rings (SSSR count). The molecule has 3 heteroatoms. The second-order valence-electron chi connectivity index (χ2n) is 6.39. The fourth-order valence-corrected chi connectivity index (χ4v) is 4.26. The van der Waals surface area contributed by atoms with Gasteiger partial charge in [-0.3, -0.25) is 0 Å². The summed E-state index contributed by atoms with van der Waals surface area (Å²) in [6.07, 6.45) is 13.4. The van der Waals surface area contributed by atoms with Crippen molar-refractivity contribution in [2.24, 2.45) is 5.92 Å². The second kappa shape index (κ2) is 8.04. The van der Waals surface area contributed by atoms with Crippen LogP contribution in [0.3, 0.4) is 0 Å². The molecule has 2 N–H and O–H groups in total. The van der Waals surface area contributed by atoms with E-state index in [9.17, 15) is 0 Å². The quantitative estimate of drug-likeness (QED) is 0.759. The van der Waals surface area contributed by atoms with Gasteiger partial charge >= 0.3 is 0 Å². The van der Waals surface area contributed by atoms with Crippen LogP contribution in [0.1, 0.15) is 43.7 Å². The topological polar surface area (TPSA) is 24.1 Å². The minimum atomic E-state index is 0.367. The molecule has 0 radical (unpaired) electrons. The highest BCUT2D eigenvalue weighted by atomic mass is 35.5. The van der Waals surface area contributed by atoms with Crippen molar-refractivity contribution in [3.05, 3.63) is 64.3 Å². The molecule has 1 aliphatic carbocycles. The lowest BCUT2D eigenvalue weighted by molar-refractivity contribution is 0.290. The van der Waals surface area contributed by atoms with Gasteiger partial charge in [-0.2, -0.15) is 0 Å². The predicted molar refractivity (Wildman–Crippen MR) is 104 cm³/mol. The van der Waals surface area contributed by atoms with Gasteiger partial charge in [0.2, 0.25) is 0 Å². The molecule has 1 saturated heterocycles. The Balaban J connectivity index is 0.000000815. The SMILES string of the molecule is CC.Clc1ccc2c(c1)C=CC1=CC=CNC1C2C1CCNCC1. The van der Waals surface area contributed by atoms with Gasteiger partial charge in [0.1, 0.15) is 0 Å². The fraction of sp³-hybridized carbons (Fsp3) is 0.429. The van der Waals surface area contributed by atoms with Crippen molar-refractivity contribution in [3.8, 4) is 0 Å². The number of fused-ring (bicyclic) bond motifs is 2. The van der Waals surface area contributed by atoms with Gasteiger partial charge in [0.05, 0.1) is 6.04 Å². The Kier molecular flexibility index (Phi) is 5.80. The molecular formula is C21H27ClN2. The van der Waals surface area contributed by atoms with Gasteiger partial charge in [0.25, 0.3) is 0 Å². The first-order valence-corrected chi connectivity index (χ1v) is 9.52. The molecular weight excluding hydrogens is 316 g/mol. The first kappa shape index (κ1) is 17.3. The number of benzene rings is 1. The maximum absolute atomic E-state index is 6.23. The highest BCUT2D eigenvalue weighted by Gasteiger charge is 2.35. The lowest BCUT2D eigenvalue weighted by Gasteiger charge is -2.38. The number of allylic oxidation sites excluding steroid dienone is 2. The molecule has 0 saturated carbocycles. The molecule has 1 fully saturated rings. The van der Waals surface area contributed by atoms with Gasteiger partial charge in [0.15, 0.2) is 0 Å². The molecule has 2 unspecified atom stereocenters. The lowest BCUT2D eigenvalue weighted by atomic mass is 9.73. The van der Waals surface area contributed by atoms with E-state index in [1.54, 1.807) is 0 Å². The summed E-state index contributed by atoms with van der Waals surface area (Å²) in [6, 6.07) is 6.74. The molecule has 0 spiro atoms. The summed E-state index contributed by atoms with van der Waals surface area (Å²) in [5, 5.41) is 7.92. The molecule has 128 valence electrons. The largest absolute Gasteiger partial charge is 0.383 e. The third-order valence-corrected chi connectivity index (χ3v) is 5.37. The van der Waals surface area contributed by atoms with Crippen molar-refractivity contribution in [1.29, 1.82) is 0 Å². The van der Waals surface area contributed by atoms with E-state index in [0.717, 1.165) is 18.1 Å². The Morgan fingerprint density at radius 3 is 2.67 bits per heavy atom.